The molecule has 0 aliphatic carbocycles. The maximum atomic E-state index is 14.2. The second-order valence-electron chi connectivity index (χ2n) is 7.23. The van der Waals surface area contributed by atoms with Crippen molar-refractivity contribution in [2.45, 2.75) is 6.92 Å². The number of hydrogen-bond acceptors (Lipinski definition) is 4. The molecule has 0 radical (unpaired) electrons. The van der Waals surface area contributed by atoms with Crippen molar-refractivity contribution in [2.24, 2.45) is 0 Å². The van der Waals surface area contributed by atoms with Gasteiger partial charge in [0.1, 0.15) is 5.82 Å². The van der Waals surface area contributed by atoms with E-state index in [1.54, 1.807) is 29.1 Å². The normalized spacial score (nSPS) is 14.8. The minimum absolute atomic E-state index is 0.0184. The number of carbonyl (C=O) groups is 1. The number of hydrogen-bond donors (Lipinski definition) is 1. The first-order valence-corrected chi connectivity index (χ1v) is 9.72. The smallest absolute Gasteiger partial charge is 0.238 e. The van der Waals surface area contributed by atoms with Crippen molar-refractivity contribution in [1.82, 2.24) is 14.5 Å². The van der Waals surface area contributed by atoms with Gasteiger partial charge < -0.3 is 10.2 Å². The summed E-state index contributed by atoms with van der Waals surface area (Å²) >= 11 is 0. The summed E-state index contributed by atoms with van der Waals surface area (Å²) in [6.45, 7) is 5.30. The zero-order chi connectivity index (χ0) is 20.2. The van der Waals surface area contributed by atoms with Gasteiger partial charge in [0, 0.05) is 44.3 Å². The Bertz CT molecular complexity index is 977. The van der Waals surface area contributed by atoms with Crippen molar-refractivity contribution in [2.75, 3.05) is 42.9 Å². The summed E-state index contributed by atoms with van der Waals surface area (Å²) < 4.78 is 16.0. The van der Waals surface area contributed by atoms with Crippen LogP contribution in [0, 0.1) is 12.7 Å². The average molecular weight is 393 g/mol. The Labute approximate surface area is 169 Å². The molecule has 2 heterocycles. The monoisotopic (exact) mass is 393 g/mol. The summed E-state index contributed by atoms with van der Waals surface area (Å²) in [6.07, 6.45) is 3.46. The van der Waals surface area contributed by atoms with Crippen LogP contribution in [0.25, 0.3) is 5.69 Å². The van der Waals surface area contributed by atoms with Crippen LogP contribution in [0.3, 0.4) is 0 Å². The minimum atomic E-state index is -0.279. The lowest BCUT2D eigenvalue weighted by Crippen LogP contribution is -2.49. The van der Waals surface area contributed by atoms with Gasteiger partial charge in [-0.25, -0.2) is 9.37 Å². The van der Waals surface area contributed by atoms with Gasteiger partial charge in [0.15, 0.2) is 0 Å². The van der Waals surface area contributed by atoms with E-state index in [0.717, 1.165) is 43.4 Å². The molecular weight excluding hydrogens is 369 g/mol. The molecule has 1 N–H and O–H groups in total. The number of imidazole rings is 1. The number of amides is 1. The second-order valence-corrected chi connectivity index (χ2v) is 7.23. The van der Waals surface area contributed by atoms with Gasteiger partial charge in [0.25, 0.3) is 0 Å². The van der Waals surface area contributed by atoms with Crippen LogP contribution in [0.1, 0.15) is 5.56 Å². The number of anilines is 2. The first-order valence-electron chi connectivity index (χ1n) is 9.72. The lowest BCUT2D eigenvalue weighted by atomic mass is 10.2. The molecule has 0 atom stereocenters. The summed E-state index contributed by atoms with van der Waals surface area (Å²) in [5.74, 6) is 0.423. The first kappa shape index (κ1) is 19.1. The highest BCUT2D eigenvalue weighted by Crippen LogP contribution is 2.21. The van der Waals surface area contributed by atoms with E-state index >= 15 is 0 Å². The van der Waals surface area contributed by atoms with E-state index in [2.05, 4.69) is 20.1 Å². The van der Waals surface area contributed by atoms with Crippen LogP contribution in [0.5, 0.6) is 0 Å². The fourth-order valence-electron chi connectivity index (χ4n) is 3.51. The molecule has 1 aliphatic rings. The van der Waals surface area contributed by atoms with Gasteiger partial charge >= 0.3 is 0 Å². The Morgan fingerprint density at radius 3 is 2.52 bits per heavy atom. The zero-order valence-corrected chi connectivity index (χ0v) is 16.4. The number of nitrogens with zero attached hydrogens (tertiary/aromatic N) is 4. The van der Waals surface area contributed by atoms with Crippen molar-refractivity contribution < 1.29 is 9.18 Å². The van der Waals surface area contributed by atoms with Crippen molar-refractivity contribution in [3.8, 4) is 5.69 Å². The van der Waals surface area contributed by atoms with Gasteiger partial charge in [-0.2, -0.15) is 0 Å². The van der Waals surface area contributed by atoms with E-state index in [1.165, 1.54) is 6.07 Å². The molecule has 29 heavy (non-hydrogen) atoms. The number of aryl methyl sites for hydroxylation is 1. The van der Waals surface area contributed by atoms with E-state index < -0.39 is 0 Å². The van der Waals surface area contributed by atoms with Crippen molar-refractivity contribution in [3.05, 3.63) is 72.3 Å². The molecule has 3 aromatic rings. The van der Waals surface area contributed by atoms with Gasteiger partial charge in [-0.05, 0) is 31.2 Å². The van der Waals surface area contributed by atoms with Crippen LogP contribution in [0.2, 0.25) is 0 Å². The van der Waals surface area contributed by atoms with E-state index in [4.69, 9.17) is 0 Å². The third-order valence-corrected chi connectivity index (χ3v) is 5.09. The third-order valence-electron chi connectivity index (χ3n) is 5.09. The number of benzene rings is 2. The summed E-state index contributed by atoms with van der Waals surface area (Å²) in [5, 5.41) is 2.94. The van der Waals surface area contributed by atoms with Crippen molar-refractivity contribution in [1.29, 1.82) is 0 Å². The highest BCUT2D eigenvalue weighted by atomic mass is 19.1. The van der Waals surface area contributed by atoms with Gasteiger partial charge in [-0.1, -0.05) is 29.8 Å². The largest absolute Gasteiger partial charge is 0.339 e. The third kappa shape index (κ3) is 4.46. The van der Waals surface area contributed by atoms with E-state index in [-0.39, 0.29) is 11.7 Å². The first-order chi connectivity index (χ1) is 14.1. The number of nitrogens with one attached hydrogen (secondary N) is 1. The molecule has 150 valence electrons. The fraction of sp³-hybridized carbons (Fsp3) is 0.273. The van der Waals surface area contributed by atoms with Gasteiger partial charge in [0.2, 0.25) is 11.9 Å². The maximum absolute atomic E-state index is 14.2. The van der Waals surface area contributed by atoms with E-state index in [0.29, 0.717) is 12.2 Å². The number of aromatic nitrogens is 2. The molecule has 2 aromatic carbocycles. The predicted octanol–water partition coefficient (Wildman–Crippen LogP) is 3.08. The Hall–Kier alpha value is -3.19. The molecule has 1 aliphatic heterocycles. The van der Waals surface area contributed by atoms with Gasteiger partial charge in [0.05, 0.1) is 12.2 Å². The van der Waals surface area contributed by atoms with Crippen molar-refractivity contribution in [3.63, 3.8) is 0 Å². The van der Waals surface area contributed by atoms with Crippen LogP contribution in [-0.4, -0.2) is 53.1 Å². The number of rotatable bonds is 5. The molecule has 0 bridgehead atoms. The lowest BCUT2D eigenvalue weighted by Gasteiger charge is -2.35. The molecule has 4 rings (SSSR count). The van der Waals surface area contributed by atoms with Gasteiger partial charge in [-0.15, -0.1) is 0 Å². The standard InChI is InChI=1S/C22H24FN5O/c1-17-6-8-18(9-7-17)25-21(29)16-26-12-14-27(15-13-26)22-24-10-11-28(22)20-5-3-2-4-19(20)23/h2-11H,12-16H2,1H3,(H,25,29). The lowest BCUT2D eigenvalue weighted by molar-refractivity contribution is -0.117. The minimum Gasteiger partial charge on any atom is -0.339 e. The summed E-state index contributed by atoms with van der Waals surface area (Å²) in [4.78, 5) is 21.0. The zero-order valence-electron chi connectivity index (χ0n) is 16.4. The second kappa shape index (κ2) is 8.45. The highest BCUT2D eigenvalue weighted by Gasteiger charge is 2.22. The maximum Gasteiger partial charge on any atom is 0.238 e. The fourth-order valence-corrected chi connectivity index (χ4v) is 3.51. The van der Waals surface area contributed by atoms with E-state index in [9.17, 15) is 9.18 Å². The highest BCUT2D eigenvalue weighted by molar-refractivity contribution is 5.92. The number of para-hydroxylation sites is 1. The predicted molar refractivity (Wildman–Crippen MR) is 112 cm³/mol. The van der Waals surface area contributed by atoms with Crippen LogP contribution in [0.15, 0.2) is 60.9 Å². The Kier molecular flexibility index (Phi) is 5.57. The molecule has 1 aromatic heterocycles. The summed E-state index contributed by atoms with van der Waals surface area (Å²) in [5.41, 5.74) is 2.46. The summed E-state index contributed by atoms with van der Waals surface area (Å²) in [6, 6.07) is 14.5. The van der Waals surface area contributed by atoms with Crippen molar-refractivity contribution >= 4 is 17.5 Å². The molecule has 1 fully saturated rings. The molecule has 0 saturated carbocycles. The Morgan fingerprint density at radius 2 is 1.79 bits per heavy atom. The van der Waals surface area contributed by atoms with Crippen LogP contribution in [-0.2, 0) is 4.79 Å². The molecule has 0 unspecified atom stereocenters. The number of piperazine rings is 1. The molecule has 0 spiro atoms. The van der Waals surface area contributed by atoms with Crippen LogP contribution < -0.4 is 10.2 Å². The Morgan fingerprint density at radius 1 is 1.07 bits per heavy atom. The quantitative estimate of drug-likeness (QED) is 0.724. The summed E-state index contributed by atoms with van der Waals surface area (Å²) in [7, 11) is 0. The molecule has 7 heteroatoms. The van der Waals surface area contributed by atoms with Gasteiger partial charge in [-0.3, -0.25) is 14.3 Å². The SMILES string of the molecule is Cc1ccc(NC(=O)CN2CCN(c3nccn3-c3ccccc3F)CC2)cc1. The molecule has 6 nitrogen and oxygen atoms in total. The molecular formula is C22H24FN5O. The molecule has 1 saturated heterocycles. The van der Waals surface area contributed by atoms with Crippen LogP contribution >= 0.6 is 0 Å². The Balaban J connectivity index is 1.34. The topological polar surface area (TPSA) is 53.4 Å². The number of carbonyl (C=O) groups excluding carboxylic acids is 1. The number of halogens is 1. The van der Waals surface area contributed by atoms with Crippen LogP contribution in [0.4, 0.5) is 16.0 Å². The average Bonchev–Trinajstić information content (AvgIpc) is 3.20. The van der Waals surface area contributed by atoms with E-state index in [1.807, 2.05) is 37.3 Å². The molecule has 1 amide bonds.